The van der Waals surface area contributed by atoms with E-state index in [2.05, 4.69) is 4.98 Å². The second kappa shape index (κ2) is 8.03. The van der Waals surface area contributed by atoms with Crippen molar-refractivity contribution in [2.45, 2.75) is 45.8 Å². The molecule has 2 heterocycles. The molecule has 0 aliphatic carbocycles. The van der Waals surface area contributed by atoms with Crippen molar-refractivity contribution >= 4 is 42.3 Å². The highest BCUT2D eigenvalue weighted by Crippen LogP contribution is 2.39. The minimum atomic E-state index is -0.477. The van der Waals surface area contributed by atoms with E-state index in [4.69, 9.17) is 21.5 Å². The smallest absolute Gasteiger partial charge is 0.400 e. The number of hydrogen-bond donors (Lipinski definition) is 1. The number of carbonyl (C=O) groups is 1. The standard InChI is InChI=1S/C20H25BN2O3S2/c1-14(24)28-13-16(21-25-19(2,3)20(4,5)26-21)12-15-6-8-17(9-7-15)23-11-10-22-18(23)27/h6-12H,13H2,1-5H3,(H,22,27). The topological polar surface area (TPSA) is 56.2 Å². The molecule has 0 saturated carbocycles. The molecule has 3 rings (SSSR count). The van der Waals surface area contributed by atoms with E-state index in [9.17, 15) is 4.79 Å². The van der Waals surface area contributed by atoms with Gasteiger partial charge in [0.25, 0.3) is 0 Å². The van der Waals surface area contributed by atoms with Crippen LogP contribution in [0, 0.1) is 4.77 Å². The van der Waals surface area contributed by atoms with Crippen LogP contribution < -0.4 is 0 Å². The SMILES string of the molecule is CC(=O)SCC(=Cc1ccc(-n2cc[nH]c2=S)cc1)B1OC(C)(C)C(C)(C)O1. The molecule has 0 spiro atoms. The lowest BCUT2D eigenvalue weighted by molar-refractivity contribution is -0.109. The number of carbonyl (C=O) groups excluding carboxylic acids is 1. The summed E-state index contributed by atoms with van der Waals surface area (Å²) < 4.78 is 14.9. The van der Waals surface area contributed by atoms with Gasteiger partial charge in [-0.2, -0.15) is 0 Å². The lowest BCUT2D eigenvalue weighted by atomic mass is 9.78. The predicted octanol–water partition coefficient (Wildman–Crippen LogP) is 4.83. The van der Waals surface area contributed by atoms with Crippen LogP contribution in [0.2, 0.25) is 0 Å². The van der Waals surface area contributed by atoms with E-state index >= 15 is 0 Å². The lowest BCUT2D eigenvalue weighted by Gasteiger charge is -2.32. The van der Waals surface area contributed by atoms with Gasteiger partial charge >= 0.3 is 7.12 Å². The Bertz CT molecular complexity index is 929. The molecule has 2 aromatic rings. The average molecular weight is 416 g/mol. The molecule has 0 atom stereocenters. The zero-order valence-electron chi connectivity index (χ0n) is 16.8. The Hall–Kier alpha value is -1.61. The molecule has 0 amide bonds. The number of nitrogens with zero attached hydrogens (tertiary/aromatic N) is 1. The van der Waals surface area contributed by atoms with Gasteiger partial charge < -0.3 is 14.3 Å². The molecule has 28 heavy (non-hydrogen) atoms. The van der Waals surface area contributed by atoms with Crippen LogP contribution in [0.3, 0.4) is 0 Å². The largest absolute Gasteiger partial charge is 0.491 e. The molecular formula is C20H25BN2O3S2. The first-order valence-corrected chi connectivity index (χ1v) is 10.5. The molecule has 1 fully saturated rings. The summed E-state index contributed by atoms with van der Waals surface area (Å²) in [7, 11) is -0.477. The highest BCUT2D eigenvalue weighted by molar-refractivity contribution is 8.13. The van der Waals surface area contributed by atoms with Crippen LogP contribution in [0.25, 0.3) is 11.8 Å². The average Bonchev–Trinajstić information content (AvgIpc) is 3.12. The number of aromatic amines is 1. The summed E-state index contributed by atoms with van der Waals surface area (Å²) in [6.07, 6.45) is 5.75. The molecular weight excluding hydrogens is 391 g/mol. The van der Waals surface area contributed by atoms with E-state index in [0.717, 1.165) is 16.7 Å². The van der Waals surface area contributed by atoms with Crippen molar-refractivity contribution in [3.8, 4) is 5.69 Å². The first kappa shape index (κ1) is 21.1. The van der Waals surface area contributed by atoms with Gasteiger partial charge in [0.15, 0.2) is 9.89 Å². The van der Waals surface area contributed by atoms with Crippen LogP contribution in [0.4, 0.5) is 0 Å². The Morgan fingerprint density at radius 3 is 2.32 bits per heavy atom. The molecule has 8 heteroatoms. The summed E-state index contributed by atoms with van der Waals surface area (Å²) in [6.45, 7) is 9.67. The molecule has 0 unspecified atom stereocenters. The van der Waals surface area contributed by atoms with Crippen molar-refractivity contribution < 1.29 is 14.1 Å². The van der Waals surface area contributed by atoms with Crippen molar-refractivity contribution in [3.05, 3.63) is 52.5 Å². The van der Waals surface area contributed by atoms with Crippen LogP contribution in [0.15, 0.2) is 42.1 Å². The third kappa shape index (κ3) is 4.51. The Morgan fingerprint density at radius 1 is 1.21 bits per heavy atom. The zero-order valence-corrected chi connectivity index (χ0v) is 18.4. The van der Waals surface area contributed by atoms with Crippen molar-refractivity contribution in [3.63, 3.8) is 0 Å². The maximum atomic E-state index is 11.5. The van der Waals surface area contributed by atoms with Gasteiger partial charge in [-0.3, -0.25) is 9.36 Å². The van der Waals surface area contributed by atoms with E-state index in [1.54, 1.807) is 6.92 Å². The maximum absolute atomic E-state index is 11.5. The van der Waals surface area contributed by atoms with E-state index in [-0.39, 0.29) is 5.12 Å². The lowest BCUT2D eigenvalue weighted by Crippen LogP contribution is -2.41. The minimum Gasteiger partial charge on any atom is -0.400 e. The fraction of sp³-hybridized carbons (Fsp3) is 0.400. The molecule has 0 radical (unpaired) electrons. The highest BCUT2D eigenvalue weighted by Gasteiger charge is 2.52. The van der Waals surface area contributed by atoms with Crippen molar-refractivity contribution in [2.24, 2.45) is 0 Å². The molecule has 0 bridgehead atoms. The maximum Gasteiger partial charge on any atom is 0.491 e. The number of imidazole rings is 1. The summed E-state index contributed by atoms with van der Waals surface area (Å²) in [5.41, 5.74) is 2.08. The Labute approximate surface area is 175 Å². The number of nitrogens with one attached hydrogen (secondary N) is 1. The Balaban J connectivity index is 1.88. The fourth-order valence-corrected chi connectivity index (χ4v) is 3.65. The molecule has 5 nitrogen and oxygen atoms in total. The molecule has 1 saturated heterocycles. The first-order valence-electron chi connectivity index (χ1n) is 9.15. The summed E-state index contributed by atoms with van der Waals surface area (Å²) in [5, 5.41) is 0.0691. The quantitative estimate of drug-likeness (QED) is 0.559. The van der Waals surface area contributed by atoms with Crippen LogP contribution >= 0.6 is 24.0 Å². The Kier molecular flexibility index (Phi) is 6.05. The summed E-state index contributed by atoms with van der Waals surface area (Å²) >= 11 is 6.53. The van der Waals surface area contributed by atoms with E-state index < -0.39 is 18.3 Å². The van der Waals surface area contributed by atoms with Crippen LogP contribution in [0.1, 0.15) is 40.2 Å². The van der Waals surface area contributed by atoms with E-state index in [1.165, 1.54) is 11.8 Å². The molecule has 1 aromatic carbocycles. The van der Waals surface area contributed by atoms with Crippen molar-refractivity contribution in [1.82, 2.24) is 9.55 Å². The van der Waals surface area contributed by atoms with E-state index in [1.807, 2.05) is 75.0 Å². The van der Waals surface area contributed by atoms with E-state index in [0.29, 0.717) is 10.5 Å². The van der Waals surface area contributed by atoms with Gasteiger partial charge in [0, 0.05) is 30.8 Å². The number of thioether (sulfide) groups is 1. The third-order valence-electron chi connectivity index (χ3n) is 5.17. The van der Waals surface area contributed by atoms with Crippen LogP contribution in [0.5, 0.6) is 0 Å². The fourth-order valence-electron chi connectivity index (χ4n) is 2.83. The predicted molar refractivity (Wildman–Crippen MR) is 118 cm³/mol. The highest BCUT2D eigenvalue weighted by atomic mass is 32.2. The normalized spacial score (nSPS) is 18.5. The summed E-state index contributed by atoms with van der Waals surface area (Å²) in [5.74, 6) is 0.525. The monoisotopic (exact) mass is 416 g/mol. The van der Waals surface area contributed by atoms with Gasteiger partial charge in [0.2, 0.25) is 0 Å². The molecule has 1 aliphatic rings. The van der Waals surface area contributed by atoms with Crippen molar-refractivity contribution in [2.75, 3.05) is 5.75 Å². The van der Waals surface area contributed by atoms with Crippen LogP contribution in [-0.4, -0.2) is 38.7 Å². The van der Waals surface area contributed by atoms with Crippen molar-refractivity contribution in [1.29, 1.82) is 0 Å². The van der Waals surface area contributed by atoms with Gasteiger partial charge in [-0.15, -0.1) is 0 Å². The number of H-pyrrole nitrogens is 1. The zero-order chi connectivity index (χ0) is 20.5. The molecule has 148 valence electrons. The first-order chi connectivity index (χ1) is 13.1. The minimum absolute atomic E-state index is 0.0691. The third-order valence-corrected chi connectivity index (χ3v) is 6.37. The van der Waals surface area contributed by atoms with Gasteiger partial charge in [-0.1, -0.05) is 30.0 Å². The second-order valence-electron chi connectivity index (χ2n) is 7.81. The van der Waals surface area contributed by atoms with Gasteiger partial charge in [0.05, 0.1) is 11.2 Å². The molecule has 1 aromatic heterocycles. The van der Waals surface area contributed by atoms with Gasteiger partial charge in [-0.05, 0) is 63.1 Å². The number of rotatable bonds is 5. The second-order valence-corrected chi connectivity index (χ2v) is 9.35. The number of aromatic nitrogens is 2. The van der Waals surface area contributed by atoms with Gasteiger partial charge in [-0.25, -0.2) is 0 Å². The molecule has 1 N–H and O–H groups in total. The number of benzene rings is 1. The Morgan fingerprint density at radius 2 is 1.82 bits per heavy atom. The summed E-state index contributed by atoms with van der Waals surface area (Å²) in [6, 6.07) is 8.06. The molecule has 1 aliphatic heterocycles. The number of hydrogen-bond acceptors (Lipinski definition) is 5. The van der Waals surface area contributed by atoms with Gasteiger partial charge in [0.1, 0.15) is 0 Å². The van der Waals surface area contributed by atoms with Crippen LogP contribution in [-0.2, 0) is 14.1 Å². The summed E-state index contributed by atoms with van der Waals surface area (Å²) in [4.78, 5) is 14.5.